The average molecular weight is 442 g/mol. The Balaban J connectivity index is 1.55. The topological polar surface area (TPSA) is 83.0 Å². The van der Waals surface area contributed by atoms with Gasteiger partial charge in [-0.25, -0.2) is 0 Å². The second-order valence-corrected chi connectivity index (χ2v) is 7.97. The number of piperidine rings is 1. The first-order chi connectivity index (χ1) is 13.4. The number of carbonyl (C=O) groups is 2. The number of hydrogen-bond donors (Lipinski definition) is 2. The van der Waals surface area contributed by atoms with Gasteiger partial charge in [-0.05, 0) is 43.3 Å². The van der Waals surface area contributed by atoms with E-state index in [2.05, 4.69) is 15.5 Å². The molecule has 1 aliphatic heterocycles. The molecule has 150 valence electrons. The maximum absolute atomic E-state index is 12.7. The third-order valence-electron chi connectivity index (χ3n) is 4.87. The van der Waals surface area contributed by atoms with E-state index in [1.165, 1.54) is 0 Å². The molecular formula is C18H21Cl2N5O2S. The van der Waals surface area contributed by atoms with Gasteiger partial charge < -0.3 is 14.8 Å². The first kappa shape index (κ1) is 20.8. The first-order valence-electron chi connectivity index (χ1n) is 8.99. The zero-order chi connectivity index (χ0) is 20.3. The van der Waals surface area contributed by atoms with Crippen molar-refractivity contribution in [3.05, 3.63) is 44.4 Å². The van der Waals surface area contributed by atoms with Crippen molar-refractivity contribution >= 4 is 47.2 Å². The summed E-state index contributed by atoms with van der Waals surface area (Å²) in [5.41, 5.74) is 0.473. The number of nitrogens with zero attached hydrogens (tertiary/aromatic N) is 3. The van der Waals surface area contributed by atoms with Gasteiger partial charge in [-0.2, -0.15) is 5.10 Å². The molecule has 0 radical (unpaired) electrons. The van der Waals surface area contributed by atoms with E-state index >= 15 is 0 Å². The minimum absolute atomic E-state index is 0.0524. The summed E-state index contributed by atoms with van der Waals surface area (Å²) in [4.78, 5) is 27.0. The van der Waals surface area contributed by atoms with Crippen molar-refractivity contribution < 1.29 is 9.59 Å². The number of aromatic amines is 1. The van der Waals surface area contributed by atoms with Gasteiger partial charge >= 0.3 is 0 Å². The van der Waals surface area contributed by atoms with Crippen molar-refractivity contribution in [1.29, 1.82) is 0 Å². The van der Waals surface area contributed by atoms with Crippen LogP contribution in [-0.2, 0) is 18.3 Å². The molecule has 2 heterocycles. The van der Waals surface area contributed by atoms with E-state index < -0.39 is 0 Å². The number of likely N-dealkylation sites (tertiary alicyclic amines) is 1. The number of aromatic nitrogens is 3. The van der Waals surface area contributed by atoms with Gasteiger partial charge in [0.05, 0.1) is 16.0 Å². The lowest BCUT2D eigenvalue weighted by atomic mass is 9.96. The number of nitrogens with one attached hydrogen (secondary N) is 2. The molecule has 2 amide bonds. The van der Waals surface area contributed by atoms with E-state index in [0.29, 0.717) is 46.4 Å². The van der Waals surface area contributed by atoms with Gasteiger partial charge in [0.15, 0.2) is 4.77 Å². The molecule has 7 nitrogen and oxygen atoms in total. The molecule has 1 unspecified atom stereocenters. The molecule has 0 aliphatic carbocycles. The van der Waals surface area contributed by atoms with Crippen LogP contribution in [-0.4, -0.2) is 51.1 Å². The van der Waals surface area contributed by atoms with Crippen LogP contribution in [0.25, 0.3) is 0 Å². The summed E-state index contributed by atoms with van der Waals surface area (Å²) in [6.45, 7) is 1.47. The Kier molecular flexibility index (Phi) is 6.74. The van der Waals surface area contributed by atoms with Crippen LogP contribution < -0.4 is 5.32 Å². The van der Waals surface area contributed by atoms with Crippen LogP contribution in [0.4, 0.5) is 0 Å². The Morgan fingerprint density at radius 2 is 2.14 bits per heavy atom. The lowest BCUT2D eigenvalue weighted by Gasteiger charge is -2.32. The smallest absolute Gasteiger partial charge is 0.253 e. The van der Waals surface area contributed by atoms with E-state index in [0.717, 1.165) is 18.7 Å². The number of H-pyrrole nitrogens is 1. The van der Waals surface area contributed by atoms with Crippen LogP contribution in [0.2, 0.25) is 10.0 Å². The summed E-state index contributed by atoms with van der Waals surface area (Å²) in [6, 6.07) is 4.82. The van der Waals surface area contributed by atoms with Gasteiger partial charge in [-0.3, -0.25) is 14.7 Å². The molecule has 3 rings (SSSR count). The highest BCUT2D eigenvalue weighted by atomic mass is 35.5. The minimum atomic E-state index is -0.233. The molecule has 0 saturated carbocycles. The Labute approximate surface area is 178 Å². The zero-order valence-electron chi connectivity index (χ0n) is 15.4. The van der Waals surface area contributed by atoms with E-state index in [1.807, 2.05) is 7.05 Å². The second-order valence-electron chi connectivity index (χ2n) is 6.76. The number of carbonyl (C=O) groups excluding carboxylic acids is 2. The van der Waals surface area contributed by atoms with Gasteiger partial charge in [0.2, 0.25) is 5.91 Å². The number of amides is 2. The molecule has 0 bridgehead atoms. The van der Waals surface area contributed by atoms with Gasteiger partial charge in [0.25, 0.3) is 5.91 Å². The molecule has 2 N–H and O–H groups in total. The van der Waals surface area contributed by atoms with Crippen molar-refractivity contribution in [3.63, 3.8) is 0 Å². The summed E-state index contributed by atoms with van der Waals surface area (Å²) in [6.07, 6.45) is 2.11. The normalized spacial score (nSPS) is 16.8. The Morgan fingerprint density at radius 3 is 2.82 bits per heavy atom. The van der Waals surface area contributed by atoms with Gasteiger partial charge in [-0.15, -0.1) is 0 Å². The van der Waals surface area contributed by atoms with E-state index in [1.54, 1.807) is 27.7 Å². The third-order valence-corrected chi connectivity index (χ3v) is 5.97. The fraction of sp³-hybridized carbons (Fsp3) is 0.444. The highest BCUT2D eigenvalue weighted by Crippen LogP contribution is 2.25. The molecule has 1 fully saturated rings. The molecular weight excluding hydrogens is 421 g/mol. The second kappa shape index (κ2) is 9.07. The summed E-state index contributed by atoms with van der Waals surface area (Å²) >= 11 is 17.0. The number of hydrogen-bond acceptors (Lipinski definition) is 4. The maximum atomic E-state index is 12.7. The van der Waals surface area contributed by atoms with Crippen LogP contribution in [0, 0.1) is 10.7 Å². The van der Waals surface area contributed by atoms with E-state index in [-0.39, 0.29) is 17.7 Å². The standard InChI is InChI=1S/C18H21Cl2N5O2S/c1-24-15(22-23-18(24)28)6-7-21-16(26)12-3-2-8-25(10-12)17(27)11-4-5-13(19)14(20)9-11/h4-5,9,12H,2-3,6-8,10H2,1H3,(H,21,26)(H,23,28). The summed E-state index contributed by atoms with van der Waals surface area (Å²) < 4.78 is 2.32. The molecule has 10 heteroatoms. The molecule has 2 aromatic rings. The molecule has 0 spiro atoms. The number of rotatable bonds is 5. The maximum Gasteiger partial charge on any atom is 0.253 e. The molecule has 1 saturated heterocycles. The third kappa shape index (κ3) is 4.74. The number of halogens is 2. The predicted octanol–water partition coefficient (Wildman–Crippen LogP) is 3.00. The van der Waals surface area contributed by atoms with Crippen LogP contribution in [0.1, 0.15) is 29.0 Å². The van der Waals surface area contributed by atoms with Crippen molar-refractivity contribution in [3.8, 4) is 0 Å². The zero-order valence-corrected chi connectivity index (χ0v) is 17.7. The van der Waals surface area contributed by atoms with E-state index in [9.17, 15) is 9.59 Å². The molecule has 1 aromatic heterocycles. The lowest BCUT2D eigenvalue weighted by molar-refractivity contribution is -0.126. The molecule has 1 atom stereocenters. The van der Waals surface area contributed by atoms with Crippen molar-refractivity contribution in [2.75, 3.05) is 19.6 Å². The monoisotopic (exact) mass is 441 g/mol. The quantitative estimate of drug-likeness (QED) is 0.698. The fourth-order valence-electron chi connectivity index (χ4n) is 3.23. The summed E-state index contributed by atoms with van der Waals surface area (Å²) in [5, 5.41) is 10.5. The van der Waals surface area contributed by atoms with Crippen LogP contribution in [0.3, 0.4) is 0 Å². The SMILES string of the molecule is Cn1c(CCNC(=O)C2CCCN(C(=O)c3ccc(Cl)c(Cl)c3)C2)n[nH]c1=S. The van der Waals surface area contributed by atoms with E-state index in [4.69, 9.17) is 35.4 Å². The largest absolute Gasteiger partial charge is 0.355 e. The Hall–Kier alpha value is -1.90. The highest BCUT2D eigenvalue weighted by Gasteiger charge is 2.29. The van der Waals surface area contributed by atoms with Gasteiger partial charge in [0.1, 0.15) is 5.82 Å². The summed E-state index contributed by atoms with van der Waals surface area (Å²) in [7, 11) is 1.83. The fourth-order valence-corrected chi connectivity index (χ4v) is 3.68. The summed E-state index contributed by atoms with van der Waals surface area (Å²) in [5.74, 6) is 0.356. The number of benzene rings is 1. The van der Waals surface area contributed by atoms with Crippen LogP contribution in [0.5, 0.6) is 0 Å². The first-order valence-corrected chi connectivity index (χ1v) is 10.2. The van der Waals surface area contributed by atoms with Crippen molar-refractivity contribution in [1.82, 2.24) is 25.0 Å². The van der Waals surface area contributed by atoms with Gasteiger partial charge in [0, 0.05) is 38.7 Å². The van der Waals surface area contributed by atoms with Crippen molar-refractivity contribution in [2.45, 2.75) is 19.3 Å². The lowest BCUT2D eigenvalue weighted by Crippen LogP contribution is -2.45. The average Bonchev–Trinajstić information content (AvgIpc) is 3.01. The molecule has 28 heavy (non-hydrogen) atoms. The molecule has 1 aromatic carbocycles. The Morgan fingerprint density at radius 1 is 1.36 bits per heavy atom. The predicted molar refractivity (Wildman–Crippen MR) is 110 cm³/mol. The van der Waals surface area contributed by atoms with Crippen molar-refractivity contribution in [2.24, 2.45) is 13.0 Å². The highest BCUT2D eigenvalue weighted by molar-refractivity contribution is 7.71. The van der Waals surface area contributed by atoms with Crippen LogP contribution in [0.15, 0.2) is 18.2 Å². The van der Waals surface area contributed by atoms with Crippen LogP contribution >= 0.6 is 35.4 Å². The minimum Gasteiger partial charge on any atom is -0.355 e. The molecule has 1 aliphatic rings. The Bertz CT molecular complexity index is 942. The van der Waals surface area contributed by atoms with Gasteiger partial charge in [-0.1, -0.05) is 23.2 Å².